The average molecular weight is 237 g/mol. The minimum absolute atomic E-state index is 0.555. The molecule has 1 aliphatic heterocycles. The summed E-state index contributed by atoms with van der Waals surface area (Å²) in [5.74, 6) is -0.700. The fraction of sp³-hybridized carbons (Fsp3) is 0.667. The van der Waals surface area contributed by atoms with Crippen LogP contribution in [0.3, 0.4) is 0 Å². The maximum absolute atomic E-state index is 11.5. The molecule has 5 nitrogen and oxygen atoms in total. The van der Waals surface area contributed by atoms with E-state index in [2.05, 4.69) is 10.4 Å². The monoisotopic (exact) mass is 237 g/mol. The molecule has 5 heteroatoms. The Balaban J connectivity index is 2.14. The second kappa shape index (κ2) is 4.87. The summed E-state index contributed by atoms with van der Waals surface area (Å²) in [6.45, 7) is 4.31. The van der Waals surface area contributed by atoms with E-state index in [0.29, 0.717) is 13.0 Å². The summed E-state index contributed by atoms with van der Waals surface area (Å²) < 4.78 is 1.83. The molecule has 0 aromatic carbocycles. The van der Waals surface area contributed by atoms with E-state index in [0.717, 1.165) is 31.5 Å². The first-order valence-corrected chi connectivity index (χ1v) is 6.12. The first kappa shape index (κ1) is 12.1. The lowest BCUT2D eigenvalue weighted by molar-refractivity contribution is -0.150. The second-order valence-corrected chi connectivity index (χ2v) is 4.75. The summed E-state index contributed by atoms with van der Waals surface area (Å²) in [5.41, 5.74) is 0.359. The maximum atomic E-state index is 11.5. The van der Waals surface area contributed by atoms with Crippen LogP contribution in [0, 0.1) is 5.41 Å². The summed E-state index contributed by atoms with van der Waals surface area (Å²) in [6, 6.07) is 0. The molecule has 1 fully saturated rings. The summed E-state index contributed by atoms with van der Waals surface area (Å²) in [5, 5.41) is 16.8. The summed E-state index contributed by atoms with van der Waals surface area (Å²) in [4.78, 5) is 11.5. The zero-order valence-corrected chi connectivity index (χ0v) is 10.1. The standard InChI is InChI=1S/C12H19N3O2/c1-2-15-8-10(7-14-15)6-12(11(16)17)4-3-5-13-9-12/h7-8,13H,2-6,9H2,1H3,(H,16,17). The third-order valence-electron chi connectivity index (χ3n) is 3.48. The van der Waals surface area contributed by atoms with Gasteiger partial charge in [0.1, 0.15) is 0 Å². The van der Waals surface area contributed by atoms with E-state index in [1.165, 1.54) is 0 Å². The van der Waals surface area contributed by atoms with Crippen LogP contribution in [0.2, 0.25) is 0 Å². The molecule has 1 aliphatic rings. The van der Waals surface area contributed by atoms with Gasteiger partial charge in [0.25, 0.3) is 0 Å². The lowest BCUT2D eigenvalue weighted by atomic mass is 9.76. The maximum Gasteiger partial charge on any atom is 0.311 e. The van der Waals surface area contributed by atoms with Crippen molar-refractivity contribution in [2.45, 2.75) is 32.7 Å². The van der Waals surface area contributed by atoms with E-state index in [4.69, 9.17) is 0 Å². The first-order chi connectivity index (χ1) is 8.16. The molecule has 17 heavy (non-hydrogen) atoms. The predicted molar refractivity (Wildman–Crippen MR) is 63.8 cm³/mol. The molecule has 2 heterocycles. The third-order valence-corrected chi connectivity index (χ3v) is 3.48. The molecule has 2 rings (SSSR count). The van der Waals surface area contributed by atoms with E-state index < -0.39 is 11.4 Å². The van der Waals surface area contributed by atoms with Gasteiger partial charge in [0, 0.05) is 19.3 Å². The van der Waals surface area contributed by atoms with Gasteiger partial charge in [-0.25, -0.2) is 0 Å². The minimum atomic E-state index is -0.700. The zero-order valence-electron chi connectivity index (χ0n) is 10.1. The molecular formula is C12H19N3O2. The quantitative estimate of drug-likeness (QED) is 0.816. The van der Waals surface area contributed by atoms with Crippen molar-refractivity contribution >= 4 is 5.97 Å². The highest BCUT2D eigenvalue weighted by atomic mass is 16.4. The number of aliphatic carboxylic acids is 1. The predicted octanol–water partition coefficient (Wildman–Crippen LogP) is 0.900. The molecule has 0 saturated carbocycles. The molecular weight excluding hydrogens is 218 g/mol. The van der Waals surface area contributed by atoms with Gasteiger partial charge in [-0.05, 0) is 38.3 Å². The highest BCUT2D eigenvalue weighted by molar-refractivity contribution is 5.75. The molecule has 94 valence electrons. The Morgan fingerprint density at radius 2 is 2.53 bits per heavy atom. The number of rotatable bonds is 4. The SMILES string of the molecule is CCn1cc(CC2(C(=O)O)CCCNC2)cn1. The Kier molecular flexibility index (Phi) is 3.47. The number of nitrogens with one attached hydrogen (secondary N) is 1. The summed E-state index contributed by atoms with van der Waals surface area (Å²) >= 11 is 0. The van der Waals surface area contributed by atoms with Gasteiger partial charge in [-0.3, -0.25) is 9.48 Å². The lowest BCUT2D eigenvalue weighted by Crippen LogP contribution is -2.46. The van der Waals surface area contributed by atoms with Gasteiger partial charge >= 0.3 is 5.97 Å². The Labute approximate surface area is 101 Å². The lowest BCUT2D eigenvalue weighted by Gasteiger charge is -2.33. The van der Waals surface area contributed by atoms with Gasteiger partial charge < -0.3 is 10.4 Å². The van der Waals surface area contributed by atoms with Crippen molar-refractivity contribution in [2.24, 2.45) is 5.41 Å². The average Bonchev–Trinajstić information content (AvgIpc) is 2.77. The molecule has 1 saturated heterocycles. The third kappa shape index (κ3) is 2.49. The number of aryl methyl sites for hydroxylation is 1. The number of hydrogen-bond acceptors (Lipinski definition) is 3. The van der Waals surface area contributed by atoms with Gasteiger partial charge in [0.2, 0.25) is 0 Å². The minimum Gasteiger partial charge on any atom is -0.481 e. The highest BCUT2D eigenvalue weighted by Crippen LogP contribution is 2.30. The summed E-state index contributed by atoms with van der Waals surface area (Å²) in [7, 11) is 0. The number of hydrogen-bond donors (Lipinski definition) is 2. The van der Waals surface area contributed by atoms with Crippen molar-refractivity contribution in [1.29, 1.82) is 0 Å². The molecule has 1 atom stereocenters. The van der Waals surface area contributed by atoms with E-state index in [1.54, 1.807) is 6.20 Å². The number of aromatic nitrogens is 2. The van der Waals surface area contributed by atoms with Gasteiger partial charge in [0.05, 0.1) is 11.6 Å². The van der Waals surface area contributed by atoms with Crippen LogP contribution in [0.15, 0.2) is 12.4 Å². The second-order valence-electron chi connectivity index (χ2n) is 4.75. The van der Waals surface area contributed by atoms with Crippen LogP contribution in [-0.2, 0) is 17.8 Å². The molecule has 2 N–H and O–H groups in total. The van der Waals surface area contributed by atoms with E-state index in [-0.39, 0.29) is 0 Å². The van der Waals surface area contributed by atoms with Crippen molar-refractivity contribution in [3.63, 3.8) is 0 Å². The van der Waals surface area contributed by atoms with Crippen molar-refractivity contribution in [2.75, 3.05) is 13.1 Å². The Bertz CT molecular complexity index is 394. The van der Waals surface area contributed by atoms with Crippen molar-refractivity contribution in [3.8, 4) is 0 Å². The molecule has 1 unspecified atom stereocenters. The van der Waals surface area contributed by atoms with E-state index in [1.807, 2.05) is 17.8 Å². The molecule has 0 radical (unpaired) electrons. The van der Waals surface area contributed by atoms with Crippen LogP contribution in [0.1, 0.15) is 25.3 Å². The van der Waals surface area contributed by atoms with Crippen LogP contribution >= 0.6 is 0 Å². The smallest absolute Gasteiger partial charge is 0.311 e. The largest absolute Gasteiger partial charge is 0.481 e. The zero-order chi connectivity index (χ0) is 12.3. The van der Waals surface area contributed by atoms with E-state index >= 15 is 0 Å². The number of carbonyl (C=O) groups is 1. The van der Waals surface area contributed by atoms with Crippen LogP contribution in [0.4, 0.5) is 0 Å². The van der Waals surface area contributed by atoms with Crippen LogP contribution in [0.25, 0.3) is 0 Å². The van der Waals surface area contributed by atoms with Gasteiger partial charge in [0.15, 0.2) is 0 Å². The van der Waals surface area contributed by atoms with Crippen molar-refractivity contribution in [3.05, 3.63) is 18.0 Å². The molecule has 0 amide bonds. The van der Waals surface area contributed by atoms with Gasteiger partial charge in [-0.2, -0.15) is 5.10 Å². The van der Waals surface area contributed by atoms with Crippen LogP contribution in [-0.4, -0.2) is 33.9 Å². The molecule has 1 aromatic heterocycles. The van der Waals surface area contributed by atoms with E-state index in [9.17, 15) is 9.90 Å². The number of carboxylic acids is 1. The van der Waals surface area contributed by atoms with Crippen LogP contribution in [0.5, 0.6) is 0 Å². The fourth-order valence-electron chi connectivity index (χ4n) is 2.44. The topological polar surface area (TPSA) is 67.2 Å². The number of carboxylic acid groups (broad SMARTS) is 1. The van der Waals surface area contributed by atoms with Crippen LogP contribution < -0.4 is 5.32 Å². The Morgan fingerprint density at radius 3 is 3.06 bits per heavy atom. The van der Waals surface area contributed by atoms with Gasteiger partial charge in [-0.1, -0.05) is 0 Å². The van der Waals surface area contributed by atoms with Gasteiger partial charge in [-0.15, -0.1) is 0 Å². The van der Waals surface area contributed by atoms with Crippen molar-refractivity contribution in [1.82, 2.24) is 15.1 Å². The Morgan fingerprint density at radius 1 is 1.71 bits per heavy atom. The molecule has 0 aliphatic carbocycles. The fourth-order valence-corrected chi connectivity index (χ4v) is 2.44. The number of piperidine rings is 1. The highest BCUT2D eigenvalue weighted by Gasteiger charge is 2.39. The van der Waals surface area contributed by atoms with Crippen molar-refractivity contribution < 1.29 is 9.90 Å². The number of nitrogens with zero attached hydrogens (tertiary/aromatic N) is 2. The Hall–Kier alpha value is -1.36. The molecule has 0 bridgehead atoms. The molecule has 1 aromatic rings. The molecule has 0 spiro atoms. The first-order valence-electron chi connectivity index (χ1n) is 6.12. The summed E-state index contributed by atoms with van der Waals surface area (Å²) in [6.07, 6.45) is 5.96. The normalized spacial score (nSPS) is 24.8.